The number of nitrogens with zero attached hydrogens (tertiary/aromatic N) is 1. The minimum atomic E-state index is -0.961. The lowest BCUT2D eigenvalue weighted by molar-refractivity contribution is -0.163. The van der Waals surface area contributed by atoms with Crippen LogP contribution in [0.1, 0.15) is 78.6 Å². The number of likely N-dealkylation sites (tertiary alicyclic amines) is 1. The standard InChI is InChI=1S/C22H39ClN2O2S/c1-16(2)28(27)24-14-7-6-9-21(26)25-19(5)15-20(25)22(12-8-13-22)17(3)10-11-18(4)23/h16,19-21,24,26H,3-4,6-15H2,1-2,5H3. The molecule has 162 valence electrons. The maximum atomic E-state index is 11.7. The molecule has 0 bridgehead atoms. The first-order chi connectivity index (χ1) is 13.2. The van der Waals surface area contributed by atoms with Crippen LogP contribution < -0.4 is 4.72 Å². The van der Waals surface area contributed by atoms with Gasteiger partial charge in [0.2, 0.25) is 0 Å². The normalized spacial score (nSPS) is 26.4. The molecule has 0 radical (unpaired) electrons. The third kappa shape index (κ3) is 5.69. The first-order valence-corrected chi connectivity index (χ1v) is 12.4. The van der Waals surface area contributed by atoms with Gasteiger partial charge in [0.1, 0.15) is 6.23 Å². The molecule has 4 atom stereocenters. The molecule has 4 nitrogen and oxygen atoms in total. The van der Waals surface area contributed by atoms with E-state index in [-0.39, 0.29) is 10.7 Å². The second-order valence-corrected chi connectivity index (χ2v) is 11.3. The summed E-state index contributed by atoms with van der Waals surface area (Å²) in [7, 11) is -0.961. The lowest BCUT2D eigenvalue weighted by Gasteiger charge is -2.62. The van der Waals surface area contributed by atoms with Gasteiger partial charge in [-0.2, -0.15) is 0 Å². The Morgan fingerprint density at radius 1 is 1.32 bits per heavy atom. The minimum Gasteiger partial charge on any atom is -0.378 e. The van der Waals surface area contributed by atoms with E-state index in [4.69, 9.17) is 11.6 Å². The Kier molecular flexibility index (Phi) is 9.21. The van der Waals surface area contributed by atoms with Gasteiger partial charge in [0.05, 0.1) is 11.0 Å². The monoisotopic (exact) mass is 430 g/mol. The second-order valence-electron chi connectivity index (χ2n) is 8.90. The molecule has 1 saturated heterocycles. The van der Waals surface area contributed by atoms with E-state index < -0.39 is 17.2 Å². The van der Waals surface area contributed by atoms with Crippen molar-refractivity contribution in [2.75, 3.05) is 6.54 Å². The van der Waals surface area contributed by atoms with E-state index in [1.165, 1.54) is 24.8 Å². The lowest BCUT2D eigenvalue weighted by Crippen LogP contribution is -2.67. The van der Waals surface area contributed by atoms with Crippen LogP contribution in [0.25, 0.3) is 0 Å². The number of aliphatic hydroxyl groups is 1. The molecule has 1 heterocycles. The molecule has 6 heteroatoms. The van der Waals surface area contributed by atoms with Gasteiger partial charge >= 0.3 is 0 Å². The average molecular weight is 431 g/mol. The molecule has 0 aromatic heterocycles. The van der Waals surface area contributed by atoms with Crippen LogP contribution in [-0.2, 0) is 11.0 Å². The van der Waals surface area contributed by atoms with Crippen LogP contribution in [-0.4, -0.2) is 44.3 Å². The van der Waals surface area contributed by atoms with Crippen LogP contribution in [0.2, 0.25) is 0 Å². The van der Waals surface area contributed by atoms with Gasteiger partial charge in [-0.3, -0.25) is 4.90 Å². The van der Waals surface area contributed by atoms with Gasteiger partial charge in [0, 0.05) is 34.3 Å². The zero-order valence-corrected chi connectivity index (χ0v) is 19.5. The third-order valence-corrected chi connectivity index (χ3v) is 8.16. The van der Waals surface area contributed by atoms with Gasteiger partial charge in [-0.05, 0) is 72.1 Å². The summed E-state index contributed by atoms with van der Waals surface area (Å²) in [5.74, 6) is 0. The predicted molar refractivity (Wildman–Crippen MR) is 120 cm³/mol. The molecule has 2 N–H and O–H groups in total. The number of unbranched alkanes of at least 4 members (excludes halogenated alkanes) is 1. The molecule has 4 unspecified atom stereocenters. The molecule has 1 saturated carbocycles. The number of allylic oxidation sites excluding steroid dienone is 1. The van der Waals surface area contributed by atoms with Gasteiger partial charge in [-0.15, -0.1) is 0 Å². The smallest absolute Gasteiger partial charge is 0.107 e. The van der Waals surface area contributed by atoms with Gasteiger partial charge in [-0.25, -0.2) is 8.93 Å². The fourth-order valence-corrected chi connectivity index (χ4v) is 5.48. The van der Waals surface area contributed by atoms with Crippen LogP contribution in [0, 0.1) is 5.41 Å². The summed E-state index contributed by atoms with van der Waals surface area (Å²) in [5, 5.41) is 11.7. The van der Waals surface area contributed by atoms with E-state index >= 15 is 0 Å². The molecular weight excluding hydrogens is 392 g/mol. The highest BCUT2D eigenvalue weighted by molar-refractivity contribution is 7.83. The van der Waals surface area contributed by atoms with Crippen molar-refractivity contribution in [3.05, 3.63) is 23.8 Å². The Bertz CT molecular complexity index is 577. The van der Waals surface area contributed by atoms with Crippen LogP contribution in [0.15, 0.2) is 23.8 Å². The quantitative estimate of drug-likeness (QED) is 0.324. The van der Waals surface area contributed by atoms with Crippen LogP contribution >= 0.6 is 11.6 Å². The fraction of sp³-hybridized carbons (Fsp3) is 0.818. The third-order valence-electron chi connectivity index (χ3n) is 6.62. The number of rotatable bonds is 13. The molecule has 28 heavy (non-hydrogen) atoms. The first kappa shape index (κ1) is 24.1. The summed E-state index contributed by atoms with van der Waals surface area (Å²) < 4.78 is 14.8. The van der Waals surface area contributed by atoms with E-state index in [9.17, 15) is 9.32 Å². The maximum Gasteiger partial charge on any atom is 0.107 e. The molecule has 0 aromatic rings. The molecule has 2 aliphatic rings. The number of nitrogens with one attached hydrogen (secondary N) is 1. The second kappa shape index (κ2) is 10.7. The van der Waals surface area contributed by atoms with E-state index in [2.05, 4.69) is 29.7 Å². The Morgan fingerprint density at radius 3 is 2.50 bits per heavy atom. The number of hydrogen-bond acceptors (Lipinski definition) is 3. The average Bonchev–Trinajstić information content (AvgIpc) is 2.57. The van der Waals surface area contributed by atoms with Crippen molar-refractivity contribution in [1.29, 1.82) is 0 Å². The Morgan fingerprint density at radius 2 is 2.00 bits per heavy atom. The van der Waals surface area contributed by atoms with Crippen molar-refractivity contribution >= 4 is 22.6 Å². The van der Waals surface area contributed by atoms with Crippen molar-refractivity contribution < 1.29 is 9.32 Å². The van der Waals surface area contributed by atoms with E-state index in [1.54, 1.807) is 0 Å². The number of hydrogen-bond donors (Lipinski definition) is 2. The summed E-state index contributed by atoms with van der Waals surface area (Å²) >= 11 is 5.97. The first-order valence-electron chi connectivity index (χ1n) is 10.8. The van der Waals surface area contributed by atoms with Crippen LogP contribution in [0.3, 0.4) is 0 Å². The van der Waals surface area contributed by atoms with Crippen molar-refractivity contribution in [2.24, 2.45) is 5.41 Å². The van der Waals surface area contributed by atoms with Gasteiger partial charge in [0.25, 0.3) is 0 Å². The van der Waals surface area contributed by atoms with Crippen molar-refractivity contribution in [3.63, 3.8) is 0 Å². The zero-order chi connectivity index (χ0) is 20.9. The summed E-state index contributed by atoms with van der Waals surface area (Å²) in [4.78, 5) is 2.32. The molecule has 1 aliphatic heterocycles. The molecule has 1 aliphatic carbocycles. The van der Waals surface area contributed by atoms with Crippen molar-refractivity contribution in [1.82, 2.24) is 9.62 Å². The predicted octanol–water partition coefficient (Wildman–Crippen LogP) is 4.86. The highest BCUT2D eigenvalue weighted by Gasteiger charge is 2.55. The lowest BCUT2D eigenvalue weighted by atomic mass is 9.55. The SMILES string of the molecule is C=C(Cl)CCC(=C)C1(C2CC(C)N2C(O)CCCCNS(=O)C(C)C)CCC1. The van der Waals surface area contributed by atoms with E-state index in [1.807, 2.05) is 13.8 Å². The number of halogens is 1. The van der Waals surface area contributed by atoms with Crippen LogP contribution in [0.5, 0.6) is 0 Å². The molecular formula is C22H39ClN2O2S. The van der Waals surface area contributed by atoms with Crippen molar-refractivity contribution in [2.45, 2.75) is 102 Å². The van der Waals surface area contributed by atoms with E-state index in [0.717, 1.165) is 45.1 Å². The zero-order valence-electron chi connectivity index (χ0n) is 17.9. The summed E-state index contributed by atoms with van der Waals surface area (Å²) in [5.41, 5.74) is 1.44. The van der Waals surface area contributed by atoms with Crippen LogP contribution in [0.4, 0.5) is 0 Å². The molecule has 0 aromatic carbocycles. The molecule has 0 spiro atoms. The maximum absolute atomic E-state index is 11.7. The number of aliphatic hydroxyl groups excluding tert-OH is 1. The Labute approximate surface area is 179 Å². The van der Waals surface area contributed by atoms with Gasteiger partial charge < -0.3 is 5.11 Å². The topological polar surface area (TPSA) is 52.6 Å². The highest BCUT2D eigenvalue weighted by atomic mass is 35.5. The largest absolute Gasteiger partial charge is 0.378 e. The Hall–Kier alpha value is -0.200. The summed E-state index contributed by atoms with van der Waals surface area (Å²) in [6, 6.07) is 0.814. The van der Waals surface area contributed by atoms with Gasteiger partial charge in [0.15, 0.2) is 0 Å². The molecule has 0 amide bonds. The van der Waals surface area contributed by atoms with Gasteiger partial charge in [-0.1, -0.05) is 36.8 Å². The Balaban J connectivity index is 1.83. The van der Waals surface area contributed by atoms with Crippen molar-refractivity contribution in [3.8, 4) is 0 Å². The van der Waals surface area contributed by atoms with E-state index in [0.29, 0.717) is 17.1 Å². The molecule has 2 fully saturated rings. The summed E-state index contributed by atoms with van der Waals surface area (Å²) in [6.45, 7) is 15.1. The summed E-state index contributed by atoms with van der Waals surface area (Å²) in [6.07, 6.45) is 8.63. The minimum absolute atomic E-state index is 0.135. The highest BCUT2D eigenvalue weighted by Crippen LogP contribution is 2.57. The molecule has 2 rings (SSSR count). The fourth-order valence-electron chi connectivity index (χ4n) is 4.70.